The van der Waals surface area contributed by atoms with E-state index in [4.69, 9.17) is 14.2 Å². The lowest BCUT2D eigenvalue weighted by Gasteiger charge is -2.20. The van der Waals surface area contributed by atoms with E-state index in [0.29, 0.717) is 22.7 Å². The van der Waals surface area contributed by atoms with Crippen LogP contribution in [0.1, 0.15) is 41.6 Å². The zero-order valence-corrected chi connectivity index (χ0v) is 20.0. The van der Waals surface area contributed by atoms with E-state index in [2.05, 4.69) is 10.4 Å². The first-order valence-corrected chi connectivity index (χ1v) is 10.5. The Balaban J connectivity index is 2.40. The highest BCUT2D eigenvalue weighted by Crippen LogP contribution is 2.40. The molecule has 3 aromatic rings. The number of carbonyl (C=O) groups excluding carboxylic acids is 3. The van der Waals surface area contributed by atoms with Crippen LogP contribution in [0, 0.1) is 5.41 Å². The molecule has 0 saturated carbocycles. The number of hydrogen-bond acceptors (Lipinski definition) is 7. The zero-order chi connectivity index (χ0) is 25.0. The van der Waals surface area contributed by atoms with Gasteiger partial charge in [0.1, 0.15) is 17.0 Å². The summed E-state index contributed by atoms with van der Waals surface area (Å²) in [6.45, 7) is 5.34. The molecule has 34 heavy (non-hydrogen) atoms. The maximum atomic E-state index is 13.0. The lowest BCUT2D eigenvalue weighted by molar-refractivity contribution is -0.123. The van der Waals surface area contributed by atoms with Crippen molar-refractivity contribution in [2.75, 3.05) is 26.6 Å². The van der Waals surface area contributed by atoms with E-state index in [1.165, 1.54) is 26.0 Å². The topological polar surface area (TPSA) is 109 Å². The van der Waals surface area contributed by atoms with Crippen LogP contribution in [0.15, 0.2) is 48.5 Å². The van der Waals surface area contributed by atoms with Crippen LogP contribution in [0.2, 0.25) is 0 Å². The van der Waals surface area contributed by atoms with Crippen molar-refractivity contribution < 1.29 is 28.6 Å². The molecular formula is C25H27N3O6. The molecule has 3 rings (SSSR count). The summed E-state index contributed by atoms with van der Waals surface area (Å²) in [5, 5.41) is 7.49. The highest BCUT2D eigenvalue weighted by atomic mass is 16.5. The Labute approximate surface area is 197 Å². The molecule has 0 aliphatic carbocycles. The van der Waals surface area contributed by atoms with E-state index in [-0.39, 0.29) is 22.9 Å². The summed E-state index contributed by atoms with van der Waals surface area (Å²) in [6.07, 6.45) is 0. The van der Waals surface area contributed by atoms with Gasteiger partial charge < -0.3 is 19.5 Å². The van der Waals surface area contributed by atoms with Gasteiger partial charge in [-0.3, -0.25) is 4.79 Å². The van der Waals surface area contributed by atoms with Crippen molar-refractivity contribution in [1.82, 2.24) is 9.78 Å². The van der Waals surface area contributed by atoms with Crippen LogP contribution in [-0.2, 0) is 14.3 Å². The van der Waals surface area contributed by atoms with E-state index < -0.39 is 17.4 Å². The number of para-hydroxylation sites is 1. The highest BCUT2D eigenvalue weighted by molar-refractivity contribution is 6.09. The molecule has 2 aromatic carbocycles. The van der Waals surface area contributed by atoms with Crippen molar-refractivity contribution >= 4 is 23.5 Å². The van der Waals surface area contributed by atoms with E-state index in [1.54, 1.807) is 63.2 Å². The van der Waals surface area contributed by atoms with Crippen LogP contribution >= 0.6 is 0 Å². The lowest BCUT2D eigenvalue weighted by atomic mass is 9.95. The SMILES string of the molecule is COC(=O)c1c(-c2c(NC(=O)C(C)(C)C)cccc2OC)nn(-c2ccccc2)c1C(=O)OC. The van der Waals surface area contributed by atoms with Crippen LogP contribution in [0.5, 0.6) is 5.75 Å². The summed E-state index contributed by atoms with van der Waals surface area (Å²) in [7, 11) is 3.88. The molecule has 1 heterocycles. The average Bonchev–Trinajstić information content (AvgIpc) is 3.23. The number of benzene rings is 2. The molecule has 0 atom stereocenters. The molecular weight excluding hydrogens is 438 g/mol. The maximum absolute atomic E-state index is 13.0. The maximum Gasteiger partial charge on any atom is 0.357 e. The number of aromatic nitrogens is 2. The number of nitrogens with one attached hydrogen (secondary N) is 1. The Kier molecular flexibility index (Phi) is 7.05. The first-order chi connectivity index (χ1) is 16.1. The van der Waals surface area contributed by atoms with Gasteiger partial charge in [-0.25, -0.2) is 14.3 Å². The summed E-state index contributed by atoms with van der Waals surface area (Å²) in [4.78, 5) is 38.6. The minimum atomic E-state index is -0.795. The van der Waals surface area contributed by atoms with Crippen LogP contribution in [0.25, 0.3) is 16.9 Å². The third-order valence-corrected chi connectivity index (χ3v) is 5.07. The van der Waals surface area contributed by atoms with Gasteiger partial charge in [0, 0.05) is 5.41 Å². The summed E-state index contributed by atoms with van der Waals surface area (Å²) in [5.74, 6) is -1.49. The molecule has 0 aliphatic rings. The normalized spacial score (nSPS) is 11.0. The van der Waals surface area contributed by atoms with Gasteiger partial charge in [-0.1, -0.05) is 45.0 Å². The fraction of sp³-hybridized carbons (Fsp3) is 0.280. The predicted octanol–water partition coefficient (Wildman–Crippen LogP) is 4.11. The minimum Gasteiger partial charge on any atom is -0.496 e. The van der Waals surface area contributed by atoms with Crippen LogP contribution in [0.4, 0.5) is 5.69 Å². The van der Waals surface area contributed by atoms with Crippen molar-refractivity contribution in [3.05, 3.63) is 59.8 Å². The summed E-state index contributed by atoms with van der Waals surface area (Å²) < 4.78 is 16.8. The molecule has 0 bridgehead atoms. The number of rotatable bonds is 6. The molecule has 1 N–H and O–H groups in total. The first-order valence-electron chi connectivity index (χ1n) is 10.5. The van der Waals surface area contributed by atoms with Gasteiger partial charge in [-0.05, 0) is 24.3 Å². The number of esters is 2. The summed E-state index contributed by atoms with van der Waals surface area (Å²) >= 11 is 0. The number of ether oxygens (including phenoxy) is 3. The molecule has 0 spiro atoms. The van der Waals surface area contributed by atoms with Crippen LogP contribution in [0.3, 0.4) is 0 Å². The number of amides is 1. The first kappa shape index (κ1) is 24.5. The molecule has 1 amide bonds. The molecule has 178 valence electrons. The van der Waals surface area contributed by atoms with Crippen LogP contribution < -0.4 is 10.1 Å². The van der Waals surface area contributed by atoms with Gasteiger partial charge in [0.15, 0.2) is 5.69 Å². The van der Waals surface area contributed by atoms with Crippen LogP contribution in [-0.4, -0.2) is 49.0 Å². The number of methoxy groups -OCH3 is 3. The van der Waals surface area contributed by atoms with Crippen molar-refractivity contribution in [3.63, 3.8) is 0 Å². The second-order valence-electron chi connectivity index (χ2n) is 8.39. The lowest BCUT2D eigenvalue weighted by Crippen LogP contribution is -2.28. The van der Waals surface area contributed by atoms with Gasteiger partial charge >= 0.3 is 11.9 Å². The van der Waals surface area contributed by atoms with Gasteiger partial charge in [-0.15, -0.1) is 0 Å². The fourth-order valence-electron chi connectivity index (χ4n) is 3.29. The standard InChI is InChI=1S/C25H27N3O6/c1-25(2,3)24(31)26-16-13-10-14-17(32-4)18(16)20-19(22(29)33-5)21(23(30)34-6)28(27-20)15-11-8-7-9-12-15/h7-14H,1-6H3,(H,26,31). The number of anilines is 1. The van der Waals surface area contributed by atoms with E-state index in [0.717, 1.165) is 0 Å². The largest absolute Gasteiger partial charge is 0.496 e. The second-order valence-corrected chi connectivity index (χ2v) is 8.39. The number of nitrogens with zero attached hydrogens (tertiary/aromatic N) is 2. The van der Waals surface area contributed by atoms with Gasteiger partial charge in [0.2, 0.25) is 5.91 Å². The Hall–Kier alpha value is -4.14. The van der Waals surface area contributed by atoms with Crippen molar-refractivity contribution in [1.29, 1.82) is 0 Å². The second kappa shape index (κ2) is 9.78. The molecule has 0 unspecified atom stereocenters. The molecule has 0 saturated heterocycles. The Morgan fingerprint density at radius 2 is 1.53 bits per heavy atom. The zero-order valence-electron chi connectivity index (χ0n) is 20.0. The minimum absolute atomic E-state index is 0.0952. The summed E-state index contributed by atoms with van der Waals surface area (Å²) in [6, 6.07) is 13.9. The molecule has 9 heteroatoms. The highest BCUT2D eigenvalue weighted by Gasteiger charge is 2.34. The smallest absolute Gasteiger partial charge is 0.357 e. The fourth-order valence-corrected chi connectivity index (χ4v) is 3.29. The third-order valence-electron chi connectivity index (χ3n) is 5.07. The van der Waals surface area contributed by atoms with Crippen molar-refractivity contribution in [2.24, 2.45) is 5.41 Å². The molecule has 0 aliphatic heterocycles. The molecule has 0 radical (unpaired) electrons. The Morgan fingerprint density at radius 3 is 2.09 bits per heavy atom. The third kappa shape index (κ3) is 4.63. The van der Waals surface area contributed by atoms with Gasteiger partial charge in [-0.2, -0.15) is 5.10 Å². The van der Waals surface area contributed by atoms with E-state index in [1.807, 2.05) is 6.07 Å². The molecule has 0 fully saturated rings. The van der Waals surface area contributed by atoms with Crippen molar-refractivity contribution in [2.45, 2.75) is 20.8 Å². The molecule has 1 aromatic heterocycles. The van der Waals surface area contributed by atoms with Gasteiger partial charge in [0.05, 0.1) is 38.3 Å². The number of hydrogen-bond donors (Lipinski definition) is 1. The Bertz CT molecular complexity index is 1230. The number of carbonyl (C=O) groups is 3. The van der Waals surface area contributed by atoms with Crippen molar-refractivity contribution in [3.8, 4) is 22.7 Å². The molecule has 9 nitrogen and oxygen atoms in total. The quantitative estimate of drug-likeness (QED) is 0.546. The predicted molar refractivity (Wildman–Crippen MR) is 126 cm³/mol. The Morgan fingerprint density at radius 1 is 0.882 bits per heavy atom. The van der Waals surface area contributed by atoms with E-state index in [9.17, 15) is 14.4 Å². The average molecular weight is 466 g/mol. The summed E-state index contributed by atoms with van der Waals surface area (Å²) in [5.41, 5.74) is 0.378. The van der Waals surface area contributed by atoms with E-state index >= 15 is 0 Å². The monoisotopic (exact) mass is 465 g/mol. The van der Waals surface area contributed by atoms with Gasteiger partial charge in [0.25, 0.3) is 0 Å².